The maximum atomic E-state index is 12.5. The molecule has 0 bridgehead atoms. The minimum atomic E-state index is -3.74. The van der Waals surface area contributed by atoms with Gasteiger partial charge in [0, 0.05) is 31.2 Å². The Labute approximate surface area is 192 Å². The van der Waals surface area contributed by atoms with Crippen LogP contribution in [-0.2, 0) is 32.6 Å². The number of anilines is 1. The summed E-state index contributed by atoms with van der Waals surface area (Å²) in [6.45, 7) is 4.12. The third-order valence-electron chi connectivity index (χ3n) is 4.89. The van der Waals surface area contributed by atoms with Crippen molar-refractivity contribution in [2.24, 2.45) is 0 Å². The Balaban J connectivity index is 1.58. The number of nitrogens with zero attached hydrogens (tertiary/aromatic N) is 2. The minimum absolute atomic E-state index is 0.166. The van der Waals surface area contributed by atoms with Gasteiger partial charge >= 0.3 is 0 Å². The molecule has 0 spiro atoms. The van der Waals surface area contributed by atoms with Crippen molar-refractivity contribution in [3.8, 4) is 0 Å². The Bertz CT molecular complexity index is 1010. The highest BCUT2D eigenvalue weighted by atomic mass is 35.5. The molecule has 168 valence electrons. The molecular formula is C21H25Cl2N3O4S. The number of carbonyl (C=O) groups is 1. The summed E-state index contributed by atoms with van der Waals surface area (Å²) < 4.78 is 30.8. The van der Waals surface area contributed by atoms with Crippen molar-refractivity contribution in [2.45, 2.75) is 13.1 Å². The van der Waals surface area contributed by atoms with E-state index >= 15 is 0 Å². The van der Waals surface area contributed by atoms with E-state index in [1.54, 1.807) is 6.07 Å². The van der Waals surface area contributed by atoms with Crippen LogP contribution in [0.2, 0.25) is 10.0 Å². The number of nitrogens with one attached hydrogen (secondary N) is 1. The monoisotopic (exact) mass is 485 g/mol. The van der Waals surface area contributed by atoms with Crippen LogP contribution >= 0.6 is 23.2 Å². The first kappa shape index (κ1) is 23.8. The Morgan fingerprint density at radius 1 is 1.10 bits per heavy atom. The molecule has 1 aliphatic rings. The van der Waals surface area contributed by atoms with Crippen molar-refractivity contribution < 1.29 is 17.9 Å². The number of amides is 1. The first-order valence-corrected chi connectivity index (χ1v) is 12.4. The molecule has 2 aromatic rings. The Hall–Kier alpha value is -1.84. The van der Waals surface area contributed by atoms with Crippen molar-refractivity contribution in [2.75, 3.05) is 43.4 Å². The molecule has 0 atom stereocenters. The smallest absolute Gasteiger partial charge is 0.241 e. The van der Waals surface area contributed by atoms with Gasteiger partial charge in [-0.1, -0.05) is 47.5 Å². The van der Waals surface area contributed by atoms with Gasteiger partial charge in [0.25, 0.3) is 0 Å². The van der Waals surface area contributed by atoms with Gasteiger partial charge in [-0.15, -0.1) is 0 Å². The molecule has 7 nitrogen and oxygen atoms in total. The molecule has 10 heteroatoms. The maximum Gasteiger partial charge on any atom is 0.241 e. The number of morpholine rings is 1. The van der Waals surface area contributed by atoms with E-state index in [1.807, 2.05) is 24.3 Å². The summed E-state index contributed by atoms with van der Waals surface area (Å²) in [4.78, 5) is 14.8. The van der Waals surface area contributed by atoms with Crippen molar-refractivity contribution in [1.29, 1.82) is 0 Å². The quantitative estimate of drug-likeness (QED) is 0.621. The molecule has 1 saturated heterocycles. The summed E-state index contributed by atoms with van der Waals surface area (Å²) >= 11 is 12.1. The van der Waals surface area contributed by atoms with Crippen molar-refractivity contribution in [3.05, 3.63) is 63.6 Å². The lowest BCUT2D eigenvalue weighted by Crippen LogP contribution is -2.40. The van der Waals surface area contributed by atoms with Crippen molar-refractivity contribution in [1.82, 2.24) is 10.2 Å². The molecular weight excluding hydrogens is 461 g/mol. The van der Waals surface area contributed by atoms with Crippen molar-refractivity contribution in [3.63, 3.8) is 0 Å². The van der Waals surface area contributed by atoms with E-state index in [0.29, 0.717) is 5.02 Å². The average Bonchev–Trinajstić information content (AvgIpc) is 2.73. The zero-order valence-corrected chi connectivity index (χ0v) is 19.5. The van der Waals surface area contributed by atoms with E-state index < -0.39 is 22.5 Å². The number of benzene rings is 2. The van der Waals surface area contributed by atoms with Gasteiger partial charge in [-0.3, -0.25) is 14.0 Å². The number of hydrogen-bond acceptors (Lipinski definition) is 5. The summed E-state index contributed by atoms with van der Waals surface area (Å²) in [6, 6.07) is 12.4. The molecule has 2 aromatic carbocycles. The third kappa shape index (κ3) is 7.08. The fourth-order valence-electron chi connectivity index (χ4n) is 3.22. The van der Waals surface area contributed by atoms with Gasteiger partial charge in [-0.05, 0) is 29.3 Å². The van der Waals surface area contributed by atoms with E-state index in [4.69, 9.17) is 27.9 Å². The van der Waals surface area contributed by atoms with Crippen LogP contribution < -0.4 is 9.62 Å². The van der Waals surface area contributed by atoms with Crippen LogP contribution in [-0.4, -0.2) is 58.3 Å². The molecule has 1 heterocycles. The normalized spacial score (nSPS) is 14.9. The van der Waals surface area contributed by atoms with Gasteiger partial charge in [0.1, 0.15) is 6.54 Å². The zero-order chi connectivity index (χ0) is 22.4. The van der Waals surface area contributed by atoms with Crippen LogP contribution in [0.1, 0.15) is 11.1 Å². The van der Waals surface area contributed by atoms with E-state index in [1.165, 1.54) is 17.7 Å². The zero-order valence-electron chi connectivity index (χ0n) is 17.2. The second-order valence-corrected chi connectivity index (χ2v) is 10.1. The standard InChI is InChI=1S/C21H25Cl2N3O4S/c1-31(28,29)26(20-12-18(22)6-7-19(20)23)15-21(27)24-13-16-2-4-17(5-3-16)14-25-8-10-30-11-9-25/h2-7,12H,8-11,13-15H2,1H3,(H,24,27). The van der Waals surface area contributed by atoms with Gasteiger partial charge in [-0.2, -0.15) is 0 Å². The number of hydrogen-bond donors (Lipinski definition) is 1. The second kappa shape index (κ2) is 10.7. The van der Waals surface area contributed by atoms with Crippen LogP contribution in [0.5, 0.6) is 0 Å². The molecule has 1 amide bonds. The predicted molar refractivity (Wildman–Crippen MR) is 123 cm³/mol. The molecule has 3 rings (SSSR count). The summed E-state index contributed by atoms with van der Waals surface area (Å²) in [7, 11) is -3.74. The average molecular weight is 486 g/mol. The van der Waals surface area contributed by atoms with E-state index in [-0.39, 0.29) is 17.3 Å². The summed E-state index contributed by atoms with van der Waals surface area (Å²) in [6.07, 6.45) is 1.02. The highest BCUT2D eigenvalue weighted by molar-refractivity contribution is 7.92. The topological polar surface area (TPSA) is 79.0 Å². The van der Waals surface area contributed by atoms with Crippen LogP contribution in [0, 0.1) is 0 Å². The van der Waals surface area contributed by atoms with Gasteiger partial charge < -0.3 is 10.1 Å². The highest BCUT2D eigenvalue weighted by Crippen LogP contribution is 2.30. The predicted octanol–water partition coefficient (Wildman–Crippen LogP) is 2.91. The fourth-order valence-corrected chi connectivity index (χ4v) is 4.52. The number of carbonyl (C=O) groups excluding carboxylic acids is 1. The molecule has 0 radical (unpaired) electrons. The van der Waals surface area contributed by atoms with E-state index in [9.17, 15) is 13.2 Å². The molecule has 0 unspecified atom stereocenters. The molecule has 1 fully saturated rings. The first-order chi connectivity index (χ1) is 14.7. The van der Waals surface area contributed by atoms with E-state index in [2.05, 4.69) is 10.2 Å². The third-order valence-corrected chi connectivity index (χ3v) is 6.57. The lowest BCUT2D eigenvalue weighted by molar-refractivity contribution is -0.119. The van der Waals surface area contributed by atoms with Crippen molar-refractivity contribution >= 4 is 44.8 Å². The van der Waals surface area contributed by atoms with Crippen LogP contribution in [0.25, 0.3) is 0 Å². The van der Waals surface area contributed by atoms with Gasteiger partial charge in [0.05, 0.1) is 30.2 Å². The summed E-state index contributed by atoms with van der Waals surface area (Å²) in [5.74, 6) is -0.445. The van der Waals surface area contributed by atoms with Gasteiger partial charge in [0.15, 0.2) is 0 Å². The second-order valence-electron chi connectivity index (χ2n) is 7.35. The Morgan fingerprint density at radius 2 is 1.74 bits per heavy atom. The summed E-state index contributed by atoms with van der Waals surface area (Å²) in [5.41, 5.74) is 2.28. The molecule has 0 aliphatic carbocycles. The molecule has 0 saturated carbocycles. The Kier molecular flexibility index (Phi) is 8.18. The lowest BCUT2D eigenvalue weighted by Gasteiger charge is -2.26. The number of ether oxygens (including phenoxy) is 1. The van der Waals surface area contributed by atoms with Gasteiger partial charge in [-0.25, -0.2) is 8.42 Å². The number of sulfonamides is 1. The molecule has 31 heavy (non-hydrogen) atoms. The Morgan fingerprint density at radius 3 is 2.39 bits per heavy atom. The minimum Gasteiger partial charge on any atom is -0.379 e. The van der Waals surface area contributed by atoms with E-state index in [0.717, 1.165) is 49.0 Å². The van der Waals surface area contributed by atoms with Gasteiger partial charge in [0.2, 0.25) is 15.9 Å². The SMILES string of the molecule is CS(=O)(=O)N(CC(=O)NCc1ccc(CN2CCOCC2)cc1)c1cc(Cl)ccc1Cl. The molecule has 1 N–H and O–H groups in total. The number of halogens is 2. The number of rotatable bonds is 8. The maximum absolute atomic E-state index is 12.5. The first-order valence-electron chi connectivity index (χ1n) is 9.80. The van der Waals surface area contributed by atoms with Crippen LogP contribution in [0.15, 0.2) is 42.5 Å². The highest BCUT2D eigenvalue weighted by Gasteiger charge is 2.23. The fraction of sp³-hybridized carbons (Fsp3) is 0.381. The largest absolute Gasteiger partial charge is 0.379 e. The summed E-state index contributed by atoms with van der Waals surface area (Å²) in [5, 5.41) is 3.28. The van der Waals surface area contributed by atoms with Crippen LogP contribution in [0.4, 0.5) is 5.69 Å². The van der Waals surface area contributed by atoms with Crippen LogP contribution in [0.3, 0.4) is 0 Å². The lowest BCUT2D eigenvalue weighted by atomic mass is 10.1. The molecule has 0 aromatic heterocycles. The molecule has 1 aliphatic heterocycles.